The van der Waals surface area contributed by atoms with Crippen molar-refractivity contribution in [1.82, 2.24) is 0 Å². The Kier molecular flexibility index (Phi) is 4.08. The maximum absolute atomic E-state index is 12.7. The van der Waals surface area contributed by atoms with Crippen molar-refractivity contribution < 1.29 is 28.1 Å². The normalized spacial score (nSPS) is 15.3. The molecule has 0 aromatic heterocycles. The fourth-order valence-electron chi connectivity index (χ4n) is 1.47. The van der Waals surface area contributed by atoms with Crippen LogP contribution in [0.1, 0.15) is 24.2 Å². The third kappa shape index (κ3) is 2.85. The quantitative estimate of drug-likeness (QED) is 0.779. The van der Waals surface area contributed by atoms with Crippen LogP contribution in [0.3, 0.4) is 0 Å². The van der Waals surface area contributed by atoms with Crippen LogP contribution in [0.5, 0.6) is 11.5 Å². The molecule has 0 aliphatic heterocycles. The van der Waals surface area contributed by atoms with Gasteiger partial charge in [-0.15, -0.1) is 0 Å². The first-order valence-electron chi connectivity index (χ1n) is 5.10. The molecular formula is C11H14F3NO3. The summed E-state index contributed by atoms with van der Waals surface area (Å²) in [4.78, 5) is 0. The summed E-state index contributed by atoms with van der Waals surface area (Å²) in [5.41, 5.74) is 3.83. The molecule has 0 fully saturated rings. The number of nitrogens with two attached hydrogens (primary N) is 1. The van der Waals surface area contributed by atoms with E-state index in [1.165, 1.54) is 14.0 Å². The smallest absolute Gasteiger partial charge is 0.420 e. The molecular weight excluding hydrogens is 251 g/mol. The van der Waals surface area contributed by atoms with Crippen molar-refractivity contribution in [2.45, 2.75) is 25.2 Å². The molecule has 0 saturated carbocycles. The standard InChI is InChI=1S/C11H14F3NO3/c1-5(15)9(16)7-3-6(18-2)4-8(10(7)17)11(12,13)14/h3-5,9,16-17H,15H2,1-2H3. The Labute approximate surface area is 102 Å². The fourth-order valence-corrected chi connectivity index (χ4v) is 1.47. The summed E-state index contributed by atoms with van der Waals surface area (Å²) in [5, 5.41) is 19.3. The van der Waals surface area contributed by atoms with Gasteiger partial charge in [-0.2, -0.15) is 13.2 Å². The Bertz CT molecular complexity index is 432. The van der Waals surface area contributed by atoms with Crippen LogP contribution in [0, 0.1) is 0 Å². The second kappa shape index (κ2) is 5.03. The van der Waals surface area contributed by atoms with E-state index in [2.05, 4.69) is 0 Å². The lowest BCUT2D eigenvalue weighted by atomic mass is 9.99. The van der Waals surface area contributed by atoms with Crippen molar-refractivity contribution in [2.24, 2.45) is 5.73 Å². The number of aliphatic hydroxyl groups excluding tert-OH is 1. The maximum atomic E-state index is 12.7. The van der Waals surface area contributed by atoms with Gasteiger partial charge in [0.15, 0.2) is 0 Å². The number of phenolic OH excluding ortho intramolecular Hbond substituents is 1. The Morgan fingerprint density at radius 1 is 1.33 bits per heavy atom. The van der Waals surface area contributed by atoms with Crippen LogP contribution < -0.4 is 10.5 Å². The van der Waals surface area contributed by atoms with E-state index >= 15 is 0 Å². The molecule has 7 heteroatoms. The van der Waals surface area contributed by atoms with E-state index in [1.54, 1.807) is 0 Å². The van der Waals surface area contributed by atoms with Gasteiger partial charge < -0.3 is 20.7 Å². The molecule has 0 aliphatic carbocycles. The number of benzene rings is 1. The van der Waals surface area contributed by atoms with Crippen LogP contribution in [-0.4, -0.2) is 23.4 Å². The van der Waals surface area contributed by atoms with Gasteiger partial charge in [-0.1, -0.05) is 0 Å². The van der Waals surface area contributed by atoms with Gasteiger partial charge in [0, 0.05) is 11.6 Å². The summed E-state index contributed by atoms with van der Waals surface area (Å²) >= 11 is 0. The van der Waals surface area contributed by atoms with E-state index in [9.17, 15) is 23.4 Å². The van der Waals surface area contributed by atoms with Crippen molar-refractivity contribution in [3.63, 3.8) is 0 Å². The summed E-state index contributed by atoms with van der Waals surface area (Å²) in [7, 11) is 1.19. The van der Waals surface area contributed by atoms with Crippen LogP contribution in [0.25, 0.3) is 0 Å². The molecule has 0 bridgehead atoms. The second-order valence-electron chi connectivity index (χ2n) is 3.91. The lowest BCUT2D eigenvalue weighted by molar-refractivity contribution is -0.139. The molecule has 0 radical (unpaired) electrons. The molecule has 0 spiro atoms. The molecule has 2 unspecified atom stereocenters. The van der Waals surface area contributed by atoms with Gasteiger partial charge >= 0.3 is 6.18 Å². The van der Waals surface area contributed by atoms with Crippen LogP contribution >= 0.6 is 0 Å². The Morgan fingerprint density at radius 3 is 2.28 bits per heavy atom. The van der Waals surface area contributed by atoms with Crippen molar-refractivity contribution in [3.05, 3.63) is 23.3 Å². The minimum Gasteiger partial charge on any atom is -0.507 e. The summed E-state index contributed by atoms with van der Waals surface area (Å²) < 4.78 is 42.8. The van der Waals surface area contributed by atoms with Crippen LogP contribution in [0.4, 0.5) is 13.2 Å². The fraction of sp³-hybridized carbons (Fsp3) is 0.455. The van der Waals surface area contributed by atoms with Crippen LogP contribution in [0.2, 0.25) is 0 Å². The average molecular weight is 265 g/mol. The number of halogens is 3. The second-order valence-corrected chi connectivity index (χ2v) is 3.91. The zero-order valence-electron chi connectivity index (χ0n) is 9.82. The maximum Gasteiger partial charge on any atom is 0.420 e. The SMILES string of the molecule is COc1cc(C(O)C(C)N)c(O)c(C(F)(F)F)c1. The minimum atomic E-state index is -4.75. The van der Waals surface area contributed by atoms with E-state index in [0.29, 0.717) is 6.07 Å². The first kappa shape index (κ1) is 14.6. The third-order valence-electron chi connectivity index (χ3n) is 2.47. The number of hydrogen-bond donors (Lipinski definition) is 3. The van der Waals surface area contributed by atoms with Gasteiger partial charge in [0.25, 0.3) is 0 Å². The summed E-state index contributed by atoms with van der Waals surface area (Å²) in [5.74, 6) is -1.15. The van der Waals surface area contributed by atoms with Crippen molar-refractivity contribution in [2.75, 3.05) is 7.11 Å². The topological polar surface area (TPSA) is 75.7 Å². The first-order valence-corrected chi connectivity index (χ1v) is 5.10. The van der Waals surface area contributed by atoms with Crippen molar-refractivity contribution in [3.8, 4) is 11.5 Å². The van der Waals surface area contributed by atoms with Crippen molar-refractivity contribution >= 4 is 0 Å². The number of ether oxygens (including phenoxy) is 1. The molecule has 2 atom stereocenters. The molecule has 4 nitrogen and oxygen atoms in total. The van der Waals surface area contributed by atoms with E-state index in [1.807, 2.05) is 0 Å². The number of aliphatic hydroxyl groups is 1. The number of rotatable bonds is 3. The van der Waals surface area contributed by atoms with Crippen LogP contribution in [0.15, 0.2) is 12.1 Å². The zero-order chi connectivity index (χ0) is 14.1. The van der Waals surface area contributed by atoms with Crippen LogP contribution in [-0.2, 0) is 6.18 Å². The third-order valence-corrected chi connectivity index (χ3v) is 2.47. The molecule has 4 N–H and O–H groups in total. The highest BCUT2D eigenvalue weighted by atomic mass is 19.4. The number of hydrogen-bond acceptors (Lipinski definition) is 4. The molecule has 1 rings (SSSR count). The predicted octanol–water partition coefficient (Wildman–Crippen LogP) is 1.80. The highest BCUT2D eigenvalue weighted by Gasteiger charge is 2.36. The highest BCUT2D eigenvalue weighted by molar-refractivity contribution is 5.49. The van der Waals surface area contributed by atoms with Gasteiger partial charge in [-0.25, -0.2) is 0 Å². The monoisotopic (exact) mass is 265 g/mol. The highest BCUT2D eigenvalue weighted by Crippen LogP contribution is 2.42. The number of methoxy groups -OCH3 is 1. The van der Waals surface area contributed by atoms with E-state index < -0.39 is 29.6 Å². The number of alkyl halides is 3. The molecule has 18 heavy (non-hydrogen) atoms. The van der Waals surface area contributed by atoms with E-state index in [-0.39, 0.29) is 11.3 Å². The summed E-state index contributed by atoms with van der Waals surface area (Å²) in [6.07, 6.45) is -6.16. The molecule has 1 aromatic rings. The van der Waals surface area contributed by atoms with E-state index in [0.717, 1.165) is 6.07 Å². The Hall–Kier alpha value is -1.47. The molecule has 0 heterocycles. The van der Waals surface area contributed by atoms with Gasteiger partial charge in [0.1, 0.15) is 17.1 Å². The van der Waals surface area contributed by atoms with Gasteiger partial charge in [0.2, 0.25) is 0 Å². The summed E-state index contributed by atoms with van der Waals surface area (Å²) in [6.45, 7) is 1.41. The average Bonchev–Trinajstić information content (AvgIpc) is 2.26. The summed E-state index contributed by atoms with van der Waals surface area (Å²) in [6, 6.07) is 0.954. The predicted molar refractivity (Wildman–Crippen MR) is 58.3 cm³/mol. The Balaban J connectivity index is 3.43. The van der Waals surface area contributed by atoms with E-state index in [4.69, 9.17) is 10.5 Å². The molecule has 0 aliphatic rings. The lowest BCUT2D eigenvalue weighted by Gasteiger charge is -2.20. The first-order chi connectivity index (χ1) is 8.18. The molecule has 0 saturated heterocycles. The lowest BCUT2D eigenvalue weighted by Crippen LogP contribution is -2.25. The molecule has 0 amide bonds. The van der Waals surface area contributed by atoms with Crippen molar-refractivity contribution in [1.29, 1.82) is 0 Å². The van der Waals surface area contributed by atoms with Gasteiger partial charge in [-0.3, -0.25) is 0 Å². The molecule has 102 valence electrons. The Morgan fingerprint density at radius 2 is 1.89 bits per heavy atom. The number of phenols is 1. The minimum absolute atomic E-state index is 0.116. The molecule has 1 aromatic carbocycles. The van der Waals surface area contributed by atoms with Gasteiger partial charge in [-0.05, 0) is 19.1 Å². The van der Waals surface area contributed by atoms with Gasteiger partial charge in [0.05, 0.1) is 13.2 Å². The number of aromatic hydroxyl groups is 1. The zero-order valence-corrected chi connectivity index (χ0v) is 9.82. The largest absolute Gasteiger partial charge is 0.507 e.